The predicted molar refractivity (Wildman–Crippen MR) is 60.1 cm³/mol. The van der Waals surface area contributed by atoms with Crippen LogP contribution in [0.4, 0.5) is 5.69 Å². The third kappa shape index (κ3) is 2.69. The van der Waals surface area contributed by atoms with Crippen molar-refractivity contribution >= 4 is 40.0 Å². The second kappa shape index (κ2) is 4.41. The van der Waals surface area contributed by atoms with E-state index in [-0.39, 0.29) is 5.75 Å². The Hall–Kier alpha value is -1.11. The average molecular weight is 305 g/mol. The van der Waals surface area contributed by atoms with E-state index in [2.05, 4.69) is 5.32 Å². The summed E-state index contributed by atoms with van der Waals surface area (Å²) in [6.45, 7) is 1.20. The largest absolute Gasteiger partial charge is 0.507 e. The molecule has 0 heterocycles. The quantitative estimate of drug-likeness (QED) is 0.495. The number of hydrogen-bond donors (Lipinski definition) is 2. The Bertz CT molecular complexity index is 390. The van der Waals surface area contributed by atoms with Crippen molar-refractivity contribution in [1.82, 2.24) is 0 Å². The van der Waals surface area contributed by atoms with E-state index in [0.29, 0.717) is 9.26 Å². The van der Waals surface area contributed by atoms with Gasteiger partial charge in [-0.25, -0.2) is 0 Å². The Kier molecular flexibility index (Phi) is 3.45. The molecule has 1 aromatic carbocycles. The monoisotopic (exact) mass is 305 g/mol. The van der Waals surface area contributed by atoms with Crippen LogP contribution >= 0.6 is 22.6 Å². The fourth-order valence-corrected chi connectivity index (χ4v) is 1.32. The van der Waals surface area contributed by atoms with E-state index in [4.69, 9.17) is 0 Å². The van der Waals surface area contributed by atoms with Crippen molar-refractivity contribution in [2.75, 3.05) is 5.32 Å². The van der Waals surface area contributed by atoms with E-state index in [0.717, 1.165) is 0 Å². The molecule has 0 fully saturated rings. The Morgan fingerprint density at radius 3 is 2.57 bits per heavy atom. The van der Waals surface area contributed by atoms with Crippen LogP contribution in [0.2, 0.25) is 0 Å². The molecule has 1 rings (SSSR count). The number of anilines is 1. The van der Waals surface area contributed by atoms with Crippen LogP contribution in [0.25, 0.3) is 0 Å². The number of halogens is 1. The summed E-state index contributed by atoms with van der Waals surface area (Å²) in [5.41, 5.74) is 0.493. The predicted octanol–water partition coefficient (Wildman–Crippen LogP) is 1.52. The molecule has 2 N–H and O–H groups in total. The maximum atomic E-state index is 11.0. The van der Waals surface area contributed by atoms with E-state index in [1.807, 2.05) is 22.6 Å². The first kappa shape index (κ1) is 11.0. The van der Waals surface area contributed by atoms with Gasteiger partial charge in [0, 0.05) is 12.6 Å². The number of rotatable bonds is 2. The Morgan fingerprint density at radius 1 is 1.43 bits per heavy atom. The summed E-state index contributed by atoms with van der Waals surface area (Å²) in [5.74, 6) is -1.06. The van der Waals surface area contributed by atoms with Crippen molar-refractivity contribution in [2.45, 2.75) is 6.92 Å². The second-order valence-corrected chi connectivity index (χ2v) is 3.84. The number of hydrogen-bond acceptors (Lipinski definition) is 3. The van der Waals surface area contributed by atoms with Crippen LogP contribution in [0.3, 0.4) is 0 Å². The normalized spacial score (nSPS) is 9.57. The maximum Gasteiger partial charge on any atom is 0.291 e. The molecule has 0 spiro atoms. The molecule has 0 aliphatic rings. The van der Waals surface area contributed by atoms with Gasteiger partial charge in [-0.2, -0.15) is 0 Å². The number of Topliss-reactive ketones (excluding diaryl/α,β-unsaturated/α-hetero) is 1. The summed E-state index contributed by atoms with van der Waals surface area (Å²) in [6.07, 6.45) is 0. The molecule has 0 aliphatic heterocycles. The van der Waals surface area contributed by atoms with Crippen LogP contribution in [-0.4, -0.2) is 16.8 Å². The van der Waals surface area contributed by atoms with Crippen molar-refractivity contribution in [3.05, 3.63) is 21.8 Å². The van der Waals surface area contributed by atoms with E-state index >= 15 is 0 Å². The first-order valence-corrected chi connectivity index (χ1v) is 4.89. The summed E-state index contributed by atoms with van der Waals surface area (Å²) in [4.78, 5) is 21.6. The maximum absolute atomic E-state index is 11.0. The highest BCUT2D eigenvalue weighted by Gasteiger charge is 2.08. The number of aromatic hydroxyl groups is 1. The van der Waals surface area contributed by atoms with E-state index < -0.39 is 11.7 Å². The first-order valence-electron chi connectivity index (χ1n) is 3.81. The van der Waals surface area contributed by atoms with Crippen LogP contribution in [0.15, 0.2) is 18.2 Å². The number of amides is 1. The van der Waals surface area contributed by atoms with Crippen LogP contribution in [0.5, 0.6) is 5.75 Å². The molecule has 0 saturated carbocycles. The van der Waals surface area contributed by atoms with Gasteiger partial charge in [0.1, 0.15) is 5.75 Å². The highest BCUT2D eigenvalue weighted by molar-refractivity contribution is 14.1. The smallest absolute Gasteiger partial charge is 0.291 e. The number of phenolic OH excluding ortho intramolecular Hbond substituents is 1. The van der Waals surface area contributed by atoms with Gasteiger partial charge in [0.25, 0.3) is 5.91 Å². The number of ketones is 1. The third-order valence-electron chi connectivity index (χ3n) is 1.53. The summed E-state index contributed by atoms with van der Waals surface area (Å²) >= 11 is 1.93. The zero-order valence-corrected chi connectivity index (χ0v) is 9.53. The molecule has 0 bridgehead atoms. The van der Waals surface area contributed by atoms with Crippen molar-refractivity contribution < 1.29 is 14.7 Å². The van der Waals surface area contributed by atoms with E-state index in [1.54, 1.807) is 6.07 Å². The molecule has 74 valence electrons. The molecule has 5 heteroatoms. The topological polar surface area (TPSA) is 66.4 Å². The van der Waals surface area contributed by atoms with Crippen LogP contribution < -0.4 is 5.32 Å². The summed E-state index contributed by atoms with van der Waals surface area (Å²) in [6, 6.07) is 4.56. The van der Waals surface area contributed by atoms with E-state index in [1.165, 1.54) is 19.1 Å². The molecule has 1 aromatic rings. The molecule has 4 nitrogen and oxygen atoms in total. The van der Waals surface area contributed by atoms with Crippen molar-refractivity contribution in [1.29, 1.82) is 0 Å². The number of phenols is 1. The molecule has 0 unspecified atom stereocenters. The zero-order valence-electron chi connectivity index (χ0n) is 7.37. The van der Waals surface area contributed by atoms with E-state index in [9.17, 15) is 14.7 Å². The lowest BCUT2D eigenvalue weighted by Crippen LogP contribution is -2.19. The van der Waals surface area contributed by atoms with Gasteiger partial charge >= 0.3 is 0 Å². The van der Waals surface area contributed by atoms with Gasteiger partial charge in [-0.05, 0) is 40.8 Å². The summed E-state index contributed by atoms with van der Waals surface area (Å²) < 4.78 is 0.615. The molecular weight excluding hydrogens is 297 g/mol. The SMILES string of the molecule is CC(=O)C(=O)Nc1ccc(O)c(I)c1. The Morgan fingerprint density at radius 2 is 2.07 bits per heavy atom. The van der Waals surface area contributed by atoms with Gasteiger partial charge < -0.3 is 10.4 Å². The van der Waals surface area contributed by atoms with Crippen molar-refractivity contribution in [3.8, 4) is 5.75 Å². The Balaban J connectivity index is 2.83. The first-order chi connectivity index (χ1) is 6.50. The summed E-state index contributed by atoms with van der Waals surface area (Å²) in [7, 11) is 0. The fraction of sp³-hybridized carbons (Fsp3) is 0.111. The molecule has 0 saturated heterocycles. The second-order valence-electron chi connectivity index (χ2n) is 2.68. The van der Waals surface area contributed by atoms with Gasteiger partial charge in [0.15, 0.2) is 0 Å². The molecular formula is C9H8INO3. The summed E-state index contributed by atoms with van der Waals surface area (Å²) in [5, 5.41) is 11.6. The van der Waals surface area contributed by atoms with Gasteiger partial charge in [-0.15, -0.1) is 0 Å². The van der Waals surface area contributed by atoms with Gasteiger partial charge in [0.2, 0.25) is 5.78 Å². The van der Waals surface area contributed by atoms with Gasteiger partial charge in [-0.1, -0.05) is 0 Å². The fourth-order valence-electron chi connectivity index (χ4n) is 0.804. The lowest BCUT2D eigenvalue weighted by atomic mass is 10.3. The molecule has 0 aliphatic carbocycles. The minimum atomic E-state index is -0.661. The Labute approximate surface area is 94.5 Å². The highest BCUT2D eigenvalue weighted by atomic mass is 127. The van der Waals surface area contributed by atoms with Gasteiger partial charge in [-0.3, -0.25) is 9.59 Å². The lowest BCUT2D eigenvalue weighted by molar-refractivity contribution is -0.133. The standard InChI is InChI=1S/C9H8INO3/c1-5(12)9(14)11-6-2-3-8(13)7(10)4-6/h2-4,13H,1H3,(H,11,14). The number of carbonyl (C=O) groups excluding carboxylic acids is 2. The minimum Gasteiger partial charge on any atom is -0.507 e. The van der Waals surface area contributed by atoms with Crippen molar-refractivity contribution in [3.63, 3.8) is 0 Å². The molecule has 1 amide bonds. The number of benzene rings is 1. The number of nitrogens with one attached hydrogen (secondary N) is 1. The molecule has 0 atom stereocenters. The lowest BCUT2D eigenvalue weighted by Gasteiger charge is -2.03. The van der Waals surface area contributed by atoms with Crippen LogP contribution in [-0.2, 0) is 9.59 Å². The zero-order chi connectivity index (χ0) is 10.7. The van der Waals surface area contributed by atoms with Crippen LogP contribution in [0.1, 0.15) is 6.92 Å². The minimum absolute atomic E-state index is 0.145. The van der Waals surface area contributed by atoms with Crippen molar-refractivity contribution in [2.24, 2.45) is 0 Å². The van der Waals surface area contributed by atoms with Crippen LogP contribution in [0, 0.1) is 3.57 Å². The third-order valence-corrected chi connectivity index (χ3v) is 2.39. The molecule has 14 heavy (non-hydrogen) atoms. The molecule has 0 aromatic heterocycles. The van der Waals surface area contributed by atoms with Gasteiger partial charge in [0.05, 0.1) is 3.57 Å². The number of carbonyl (C=O) groups is 2. The average Bonchev–Trinajstić information content (AvgIpc) is 2.11. The molecule has 0 radical (unpaired) electrons. The highest BCUT2D eigenvalue weighted by Crippen LogP contribution is 2.22.